The molecule has 1 unspecified atom stereocenters. The van der Waals surface area contributed by atoms with E-state index in [-0.39, 0.29) is 24.0 Å². The summed E-state index contributed by atoms with van der Waals surface area (Å²) >= 11 is 0. The van der Waals surface area contributed by atoms with E-state index < -0.39 is 0 Å². The fourth-order valence-electron chi connectivity index (χ4n) is 2.09. The second-order valence-electron chi connectivity index (χ2n) is 4.63. The van der Waals surface area contributed by atoms with Gasteiger partial charge in [0.15, 0.2) is 5.96 Å². The lowest BCUT2D eigenvalue weighted by Crippen LogP contribution is -2.23. The van der Waals surface area contributed by atoms with Crippen LogP contribution in [0.2, 0.25) is 0 Å². The van der Waals surface area contributed by atoms with E-state index in [2.05, 4.69) is 10.3 Å². The SMILES string of the molecule is Cc1ccccc1NC(N)=NCCC1CCCO1.I. The van der Waals surface area contributed by atoms with Gasteiger partial charge in [-0.05, 0) is 37.8 Å². The molecule has 2 rings (SSSR count). The van der Waals surface area contributed by atoms with Gasteiger partial charge < -0.3 is 15.8 Å². The molecule has 5 heteroatoms. The summed E-state index contributed by atoms with van der Waals surface area (Å²) in [7, 11) is 0. The average molecular weight is 375 g/mol. The van der Waals surface area contributed by atoms with Crippen LogP contribution in [0.1, 0.15) is 24.8 Å². The molecule has 1 aliphatic rings. The van der Waals surface area contributed by atoms with Crippen molar-refractivity contribution in [1.29, 1.82) is 0 Å². The smallest absolute Gasteiger partial charge is 0.193 e. The molecule has 0 bridgehead atoms. The number of anilines is 1. The zero-order valence-electron chi connectivity index (χ0n) is 11.3. The zero-order chi connectivity index (χ0) is 12.8. The Bertz CT molecular complexity index is 417. The highest BCUT2D eigenvalue weighted by molar-refractivity contribution is 14.0. The highest BCUT2D eigenvalue weighted by Gasteiger charge is 2.14. The van der Waals surface area contributed by atoms with Gasteiger partial charge >= 0.3 is 0 Å². The summed E-state index contributed by atoms with van der Waals surface area (Å²) in [4.78, 5) is 4.33. The van der Waals surface area contributed by atoms with E-state index in [0.717, 1.165) is 37.2 Å². The first kappa shape index (κ1) is 16.2. The van der Waals surface area contributed by atoms with Crippen molar-refractivity contribution < 1.29 is 4.74 Å². The first-order valence-corrected chi connectivity index (χ1v) is 6.50. The standard InChI is InChI=1S/C14H21N3O.HI/c1-11-5-2-3-7-13(11)17-14(15)16-9-8-12-6-4-10-18-12;/h2-3,5,7,12H,4,6,8-10H2,1H3,(H3,15,16,17);1H. The van der Waals surface area contributed by atoms with E-state index >= 15 is 0 Å². The number of benzene rings is 1. The van der Waals surface area contributed by atoms with Crippen LogP contribution in [0, 0.1) is 6.92 Å². The summed E-state index contributed by atoms with van der Waals surface area (Å²) in [6, 6.07) is 8.03. The molecule has 1 atom stereocenters. The minimum absolute atomic E-state index is 0. The van der Waals surface area contributed by atoms with Crippen LogP contribution < -0.4 is 11.1 Å². The molecule has 106 valence electrons. The molecule has 1 aromatic carbocycles. The van der Waals surface area contributed by atoms with Crippen LogP contribution in [0.15, 0.2) is 29.3 Å². The molecule has 1 saturated heterocycles. The number of rotatable bonds is 4. The van der Waals surface area contributed by atoms with Crippen molar-refractivity contribution in [3.8, 4) is 0 Å². The van der Waals surface area contributed by atoms with E-state index in [1.807, 2.05) is 31.2 Å². The number of aryl methyl sites for hydroxylation is 1. The summed E-state index contributed by atoms with van der Waals surface area (Å²) in [6.07, 6.45) is 3.65. The Morgan fingerprint density at radius 1 is 1.47 bits per heavy atom. The number of nitrogens with zero attached hydrogens (tertiary/aromatic N) is 1. The van der Waals surface area contributed by atoms with Crippen LogP contribution in [0.4, 0.5) is 5.69 Å². The van der Waals surface area contributed by atoms with E-state index in [0.29, 0.717) is 12.1 Å². The topological polar surface area (TPSA) is 59.6 Å². The van der Waals surface area contributed by atoms with Gasteiger partial charge in [-0.2, -0.15) is 0 Å². The summed E-state index contributed by atoms with van der Waals surface area (Å²) in [5.41, 5.74) is 8.03. The number of para-hydroxylation sites is 1. The van der Waals surface area contributed by atoms with Crippen LogP contribution in [-0.2, 0) is 4.74 Å². The summed E-state index contributed by atoms with van der Waals surface area (Å²) in [6.45, 7) is 3.66. The largest absolute Gasteiger partial charge is 0.378 e. The van der Waals surface area contributed by atoms with Crippen molar-refractivity contribution in [2.45, 2.75) is 32.3 Å². The van der Waals surface area contributed by atoms with E-state index in [4.69, 9.17) is 10.5 Å². The summed E-state index contributed by atoms with van der Waals surface area (Å²) < 4.78 is 5.54. The maximum Gasteiger partial charge on any atom is 0.193 e. The van der Waals surface area contributed by atoms with Crippen LogP contribution in [0.3, 0.4) is 0 Å². The summed E-state index contributed by atoms with van der Waals surface area (Å²) in [5.74, 6) is 0.474. The number of halogens is 1. The zero-order valence-corrected chi connectivity index (χ0v) is 13.6. The lowest BCUT2D eigenvalue weighted by Gasteiger charge is -2.09. The van der Waals surface area contributed by atoms with Gasteiger partial charge in [-0.15, -0.1) is 24.0 Å². The molecule has 0 spiro atoms. The number of ether oxygens (including phenoxy) is 1. The van der Waals surface area contributed by atoms with Gasteiger partial charge in [-0.25, -0.2) is 0 Å². The van der Waals surface area contributed by atoms with Gasteiger partial charge in [0.05, 0.1) is 6.10 Å². The predicted molar refractivity (Wildman–Crippen MR) is 90.3 cm³/mol. The monoisotopic (exact) mass is 375 g/mol. The number of hydrogen-bond donors (Lipinski definition) is 2. The third kappa shape index (κ3) is 5.36. The molecule has 19 heavy (non-hydrogen) atoms. The highest BCUT2D eigenvalue weighted by atomic mass is 127. The maximum atomic E-state index is 5.86. The van der Waals surface area contributed by atoms with Crippen LogP contribution in [0.25, 0.3) is 0 Å². The number of aliphatic imine (C=N–C) groups is 1. The molecule has 0 amide bonds. The molecule has 0 saturated carbocycles. The number of nitrogens with two attached hydrogens (primary N) is 1. The Labute approximate surface area is 131 Å². The molecule has 1 aliphatic heterocycles. The predicted octanol–water partition coefficient (Wildman–Crippen LogP) is 2.91. The fourth-order valence-corrected chi connectivity index (χ4v) is 2.09. The second kappa shape index (κ2) is 8.37. The molecule has 4 nitrogen and oxygen atoms in total. The first-order chi connectivity index (χ1) is 8.75. The molecular formula is C14H22IN3O. The van der Waals surface area contributed by atoms with Crippen molar-refractivity contribution in [2.75, 3.05) is 18.5 Å². The van der Waals surface area contributed by atoms with Crippen molar-refractivity contribution in [3.05, 3.63) is 29.8 Å². The minimum Gasteiger partial charge on any atom is -0.378 e. The van der Waals surface area contributed by atoms with Gasteiger partial charge in [-0.1, -0.05) is 18.2 Å². The highest BCUT2D eigenvalue weighted by Crippen LogP contribution is 2.15. The number of guanidine groups is 1. The Kier molecular flexibility index (Phi) is 7.15. The molecule has 1 heterocycles. The van der Waals surface area contributed by atoms with Gasteiger partial charge in [0, 0.05) is 18.8 Å². The third-order valence-corrected chi connectivity index (χ3v) is 3.17. The lowest BCUT2D eigenvalue weighted by atomic mass is 10.2. The third-order valence-electron chi connectivity index (χ3n) is 3.17. The van der Waals surface area contributed by atoms with Gasteiger partial charge in [-0.3, -0.25) is 4.99 Å². The molecular weight excluding hydrogens is 353 g/mol. The van der Waals surface area contributed by atoms with Gasteiger partial charge in [0.2, 0.25) is 0 Å². The Balaban J connectivity index is 0.00000180. The molecule has 1 aromatic rings. The van der Waals surface area contributed by atoms with Crippen molar-refractivity contribution in [3.63, 3.8) is 0 Å². The van der Waals surface area contributed by atoms with Crippen molar-refractivity contribution >= 4 is 35.6 Å². The fraction of sp³-hybridized carbons (Fsp3) is 0.500. The maximum absolute atomic E-state index is 5.86. The Hall–Kier alpha value is -0.820. The van der Waals surface area contributed by atoms with Crippen LogP contribution >= 0.6 is 24.0 Å². The van der Waals surface area contributed by atoms with E-state index in [9.17, 15) is 0 Å². The molecule has 0 aromatic heterocycles. The van der Waals surface area contributed by atoms with Crippen molar-refractivity contribution in [2.24, 2.45) is 10.7 Å². The van der Waals surface area contributed by atoms with Crippen LogP contribution in [-0.4, -0.2) is 25.2 Å². The van der Waals surface area contributed by atoms with Gasteiger partial charge in [0.25, 0.3) is 0 Å². The van der Waals surface area contributed by atoms with Crippen LogP contribution in [0.5, 0.6) is 0 Å². The molecule has 3 N–H and O–H groups in total. The van der Waals surface area contributed by atoms with E-state index in [1.165, 1.54) is 6.42 Å². The second-order valence-corrected chi connectivity index (χ2v) is 4.63. The quantitative estimate of drug-likeness (QED) is 0.483. The number of hydrogen-bond acceptors (Lipinski definition) is 2. The van der Waals surface area contributed by atoms with Crippen molar-refractivity contribution in [1.82, 2.24) is 0 Å². The first-order valence-electron chi connectivity index (χ1n) is 6.50. The van der Waals surface area contributed by atoms with Gasteiger partial charge in [0.1, 0.15) is 0 Å². The number of nitrogens with one attached hydrogen (secondary N) is 1. The Morgan fingerprint density at radius 3 is 2.95 bits per heavy atom. The summed E-state index contributed by atoms with van der Waals surface area (Å²) in [5, 5.41) is 3.12. The molecule has 1 fully saturated rings. The Morgan fingerprint density at radius 2 is 2.26 bits per heavy atom. The normalized spacial score (nSPS) is 19.0. The molecule has 0 aliphatic carbocycles. The molecule has 0 radical (unpaired) electrons. The van der Waals surface area contributed by atoms with E-state index in [1.54, 1.807) is 0 Å². The minimum atomic E-state index is 0. The lowest BCUT2D eigenvalue weighted by molar-refractivity contribution is 0.106. The average Bonchev–Trinajstić information content (AvgIpc) is 2.85.